The zero-order valence-corrected chi connectivity index (χ0v) is 12.3. The van der Waals surface area contributed by atoms with E-state index < -0.39 is 0 Å². The number of nitrogens with two attached hydrogens (primary N) is 1. The zero-order valence-electron chi connectivity index (χ0n) is 11.5. The van der Waals surface area contributed by atoms with Crippen LogP contribution < -0.4 is 10.6 Å². The van der Waals surface area contributed by atoms with Crippen molar-refractivity contribution in [1.29, 1.82) is 0 Å². The van der Waals surface area contributed by atoms with Crippen LogP contribution in [0.5, 0.6) is 0 Å². The van der Waals surface area contributed by atoms with Gasteiger partial charge in [-0.05, 0) is 26.8 Å². The lowest BCUT2D eigenvalue weighted by molar-refractivity contribution is -0.00500. The number of carbonyl (C=O) groups is 1. The van der Waals surface area contributed by atoms with Gasteiger partial charge in [-0.2, -0.15) is 0 Å². The van der Waals surface area contributed by atoms with Crippen molar-refractivity contribution < 1.29 is 14.3 Å². The molecular weight excluding hydrogens is 264 g/mol. The lowest BCUT2D eigenvalue weighted by Crippen LogP contribution is -2.45. The fraction of sp³-hybridized carbons (Fsp3) is 0.615. The van der Waals surface area contributed by atoms with Crippen LogP contribution in [0.3, 0.4) is 0 Å². The van der Waals surface area contributed by atoms with Gasteiger partial charge in [0.2, 0.25) is 0 Å². The van der Waals surface area contributed by atoms with E-state index in [0.717, 1.165) is 18.1 Å². The number of morpholine rings is 1. The molecule has 2 heterocycles. The summed E-state index contributed by atoms with van der Waals surface area (Å²) in [7, 11) is 0. The summed E-state index contributed by atoms with van der Waals surface area (Å²) < 4.78 is 10.7. The van der Waals surface area contributed by atoms with Gasteiger partial charge in [-0.3, -0.25) is 0 Å². The molecule has 106 valence electrons. The van der Waals surface area contributed by atoms with Crippen LogP contribution in [0.2, 0.25) is 0 Å². The van der Waals surface area contributed by atoms with E-state index >= 15 is 0 Å². The molecule has 1 aliphatic rings. The Morgan fingerprint density at radius 1 is 1.53 bits per heavy atom. The van der Waals surface area contributed by atoms with Crippen LogP contribution in [0.1, 0.15) is 30.4 Å². The molecule has 1 saturated heterocycles. The highest BCUT2D eigenvalue weighted by atomic mass is 32.1. The molecule has 0 saturated carbocycles. The Morgan fingerprint density at radius 2 is 2.16 bits per heavy atom. The van der Waals surface area contributed by atoms with Gasteiger partial charge in [0.1, 0.15) is 4.88 Å². The van der Waals surface area contributed by atoms with Crippen LogP contribution >= 0.6 is 11.3 Å². The predicted molar refractivity (Wildman–Crippen MR) is 76.9 cm³/mol. The van der Waals surface area contributed by atoms with Gasteiger partial charge in [-0.15, -0.1) is 11.3 Å². The van der Waals surface area contributed by atoms with Gasteiger partial charge in [0.05, 0.1) is 29.5 Å². The number of anilines is 2. The fourth-order valence-electron chi connectivity index (χ4n) is 2.26. The number of nitrogens with zero attached hydrogens (tertiary/aromatic N) is 1. The highest BCUT2D eigenvalue weighted by molar-refractivity contribution is 7.18. The Morgan fingerprint density at radius 3 is 2.74 bits per heavy atom. The number of hydrogen-bond acceptors (Lipinski definition) is 6. The summed E-state index contributed by atoms with van der Waals surface area (Å²) >= 11 is 1.39. The minimum atomic E-state index is -0.342. The van der Waals surface area contributed by atoms with Crippen molar-refractivity contribution in [2.45, 2.75) is 33.0 Å². The first-order chi connectivity index (χ1) is 9.01. The SMILES string of the molecule is CCOC(=O)c1sc(N2C[C@@H](C)O[C@@H](C)C2)cc1N. The van der Waals surface area contributed by atoms with Crippen LogP contribution in [-0.2, 0) is 9.47 Å². The highest BCUT2D eigenvalue weighted by Gasteiger charge is 2.25. The minimum Gasteiger partial charge on any atom is -0.462 e. The van der Waals surface area contributed by atoms with Gasteiger partial charge in [-0.1, -0.05) is 0 Å². The summed E-state index contributed by atoms with van der Waals surface area (Å²) in [4.78, 5) is 14.5. The largest absolute Gasteiger partial charge is 0.462 e. The van der Waals surface area contributed by atoms with Crippen LogP contribution in [0, 0.1) is 0 Å². The third kappa shape index (κ3) is 3.19. The quantitative estimate of drug-likeness (QED) is 0.861. The molecule has 2 N–H and O–H groups in total. The Kier molecular flexibility index (Phi) is 4.31. The minimum absolute atomic E-state index is 0.179. The summed E-state index contributed by atoms with van der Waals surface area (Å²) in [5, 5.41) is 1.00. The van der Waals surface area contributed by atoms with Crippen molar-refractivity contribution in [2.24, 2.45) is 0 Å². The summed E-state index contributed by atoms with van der Waals surface area (Å²) in [5.41, 5.74) is 6.39. The third-order valence-corrected chi connectivity index (χ3v) is 4.13. The number of thiophene rings is 1. The smallest absolute Gasteiger partial charge is 0.350 e. The van der Waals surface area contributed by atoms with E-state index in [1.165, 1.54) is 11.3 Å². The molecule has 0 bridgehead atoms. The number of rotatable bonds is 3. The summed E-state index contributed by atoms with van der Waals surface area (Å²) in [5.74, 6) is -0.342. The van der Waals surface area contributed by atoms with Gasteiger partial charge in [0, 0.05) is 13.1 Å². The Bertz CT molecular complexity index is 451. The van der Waals surface area contributed by atoms with Crippen molar-refractivity contribution in [3.05, 3.63) is 10.9 Å². The second kappa shape index (κ2) is 5.79. The fourth-order valence-corrected chi connectivity index (χ4v) is 3.25. The molecule has 2 rings (SSSR count). The lowest BCUT2D eigenvalue weighted by atomic mass is 10.2. The van der Waals surface area contributed by atoms with Gasteiger partial charge in [-0.25, -0.2) is 4.79 Å². The second-order valence-corrected chi connectivity index (χ2v) is 5.78. The zero-order chi connectivity index (χ0) is 14.0. The molecular formula is C13H20N2O3S. The van der Waals surface area contributed by atoms with Crippen molar-refractivity contribution >= 4 is 28.0 Å². The number of hydrogen-bond donors (Lipinski definition) is 1. The van der Waals surface area contributed by atoms with Crippen LogP contribution in [0.4, 0.5) is 10.7 Å². The number of ether oxygens (including phenoxy) is 2. The molecule has 0 aliphatic carbocycles. The van der Waals surface area contributed by atoms with E-state index in [1.807, 2.05) is 19.9 Å². The maximum Gasteiger partial charge on any atom is 0.350 e. The van der Waals surface area contributed by atoms with Crippen LogP contribution in [-0.4, -0.2) is 37.9 Å². The normalized spacial score (nSPS) is 23.4. The van der Waals surface area contributed by atoms with Gasteiger partial charge in [0.15, 0.2) is 0 Å². The summed E-state index contributed by atoms with van der Waals surface area (Å²) in [6.07, 6.45) is 0.358. The van der Waals surface area contributed by atoms with E-state index in [4.69, 9.17) is 15.2 Å². The molecule has 1 fully saturated rings. The van der Waals surface area contributed by atoms with Gasteiger partial charge >= 0.3 is 5.97 Å². The van der Waals surface area contributed by atoms with E-state index in [9.17, 15) is 4.79 Å². The van der Waals surface area contributed by atoms with E-state index in [1.54, 1.807) is 6.92 Å². The molecule has 5 nitrogen and oxygen atoms in total. The molecule has 2 atom stereocenters. The molecule has 0 radical (unpaired) electrons. The Balaban J connectivity index is 2.17. The first-order valence-electron chi connectivity index (χ1n) is 6.48. The van der Waals surface area contributed by atoms with Crippen molar-refractivity contribution in [1.82, 2.24) is 0 Å². The maximum atomic E-state index is 11.8. The third-order valence-electron chi connectivity index (χ3n) is 2.94. The first kappa shape index (κ1) is 14.1. The monoisotopic (exact) mass is 284 g/mol. The molecule has 1 aromatic heterocycles. The molecule has 0 unspecified atom stereocenters. The van der Waals surface area contributed by atoms with Crippen molar-refractivity contribution in [3.63, 3.8) is 0 Å². The molecule has 6 heteroatoms. The average Bonchev–Trinajstić information content (AvgIpc) is 2.70. The topological polar surface area (TPSA) is 64.8 Å². The van der Waals surface area contributed by atoms with Crippen LogP contribution in [0.15, 0.2) is 6.07 Å². The second-order valence-electron chi connectivity index (χ2n) is 4.75. The first-order valence-corrected chi connectivity index (χ1v) is 7.29. The van der Waals surface area contributed by atoms with E-state index in [-0.39, 0.29) is 18.2 Å². The average molecular weight is 284 g/mol. The highest BCUT2D eigenvalue weighted by Crippen LogP contribution is 2.34. The van der Waals surface area contributed by atoms with Gasteiger partial charge < -0.3 is 20.1 Å². The maximum absolute atomic E-state index is 11.8. The molecule has 1 aliphatic heterocycles. The summed E-state index contributed by atoms with van der Waals surface area (Å²) in [6, 6.07) is 1.85. The van der Waals surface area contributed by atoms with Crippen molar-refractivity contribution in [3.8, 4) is 0 Å². The molecule has 19 heavy (non-hydrogen) atoms. The number of carbonyl (C=O) groups excluding carboxylic acids is 1. The number of esters is 1. The molecule has 1 aromatic rings. The van der Waals surface area contributed by atoms with Crippen molar-refractivity contribution in [2.75, 3.05) is 30.3 Å². The molecule has 0 amide bonds. The van der Waals surface area contributed by atoms with E-state index in [2.05, 4.69) is 4.90 Å². The Hall–Kier alpha value is -1.27. The van der Waals surface area contributed by atoms with Gasteiger partial charge in [0.25, 0.3) is 0 Å². The Labute approximate surface area is 117 Å². The van der Waals surface area contributed by atoms with Crippen LogP contribution in [0.25, 0.3) is 0 Å². The summed E-state index contributed by atoms with van der Waals surface area (Å²) in [6.45, 7) is 7.86. The molecule has 0 spiro atoms. The molecule has 0 aromatic carbocycles. The number of nitrogen functional groups attached to an aromatic ring is 1. The predicted octanol–water partition coefficient (Wildman–Crippen LogP) is 2.12. The standard InChI is InChI=1S/C13H20N2O3S/c1-4-17-13(16)12-10(14)5-11(19-12)15-6-8(2)18-9(3)7-15/h5,8-9H,4,6-7,14H2,1-3H3/t8-,9+. The lowest BCUT2D eigenvalue weighted by Gasteiger charge is -2.35. The van der Waals surface area contributed by atoms with E-state index in [0.29, 0.717) is 17.2 Å².